The summed E-state index contributed by atoms with van der Waals surface area (Å²) in [5.74, 6) is 1.24. The van der Waals surface area contributed by atoms with Crippen molar-refractivity contribution in [2.45, 2.75) is 38.3 Å². The molecule has 0 bridgehead atoms. The summed E-state index contributed by atoms with van der Waals surface area (Å²) < 4.78 is 10.7. The van der Waals surface area contributed by atoms with Gasteiger partial charge in [0.25, 0.3) is 0 Å². The van der Waals surface area contributed by atoms with Crippen molar-refractivity contribution in [3.63, 3.8) is 0 Å². The van der Waals surface area contributed by atoms with Crippen LogP contribution >= 0.6 is 11.6 Å². The van der Waals surface area contributed by atoms with E-state index in [9.17, 15) is 0 Å². The van der Waals surface area contributed by atoms with E-state index in [1.165, 1.54) is 0 Å². The molecule has 1 aliphatic heterocycles. The second-order valence-electron chi connectivity index (χ2n) is 5.49. The fourth-order valence-corrected chi connectivity index (χ4v) is 3.54. The van der Waals surface area contributed by atoms with Crippen molar-refractivity contribution in [3.8, 4) is 11.5 Å². The van der Waals surface area contributed by atoms with E-state index in [2.05, 4.69) is 11.8 Å². The maximum atomic E-state index is 6.57. The van der Waals surface area contributed by atoms with Gasteiger partial charge in [-0.05, 0) is 44.0 Å². The van der Waals surface area contributed by atoms with Crippen LogP contribution in [0, 0.1) is 0 Å². The number of ether oxygens (including phenoxy) is 2. The smallest absolute Gasteiger partial charge is 0.179 e. The third kappa shape index (κ3) is 3.28. The molecule has 2 rings (SSSR count). The van der Waals surface area contributed by atoms with Gasteiger partial charge in [-0.1, -0.05) is 24.6 Å². The number of nitrogens with two attached hydrogens (primary N) is 1. The zero-order valence-electron chi connectivity index (χ0n) is 13.1. The standard InChI is InChI=1S/C16H25ClN2O2/c1-4-9-19-10-5-6-12(18)15(19)11-7-8-13(20-2)16(21-3)14(11)17/h7-8,12,15H,4-6,9-10,18H2,1-3H3. The Morgan fingerprint density at radius 2 is 2.10 bits per heavy atom. The highest BCUT2D eigenvalue weighted by Crippen LogP contribution is 2.43. The Kier molecular flexibility index (Phi) is 5.73. The molecule has 1 aliphatic rings. The van der Waals surface area contributed by atoms with Gasteiger partial charge in [-0.3, -0.25) is 4.90 Å². The minimum Gasteiger partial charge on any atom is -0.493 e. The molecule has 0 spiro atoms. The van der Waals surface area contributed by atoms with E-state index in [0.717, 1.165) is 37.9 Å². The van der Waals surface area contributed by atoms with Crippen molar-refractivity contribution < 1.29 is 9.47 Å². The highest BCUT2D eigenvalue weighted by atomic mass is 35.5. The number of methoxy groups -OCH3 is 2. The highest BCUT2D eigenvalue weighted by Gasteiger charge is 2.32. The highest BCUT2D eigenvalue weighted by molar-refractivity contribution is 6.33. The third-order valence-electron chi connectivity index (χ3n) is 4.13. The topological polar surface area (TPSA) is 47.7 Å². The molecule has 1 fully saturated rings. The quantitative estimate of drug-likeness (QED) is 0.907. The summed E-state index contributed by atoms with van der Waals surface area (Å²) in [7, 11) is 3.22. The Balaban J connectivity index is 2.42. The van der Waals surface area contributed by atoms with Crippen LogP contribution in [0.4, 0.5) is 0 Å². The molecule has 5 heteroatoms. The maximum absolute atomic E-state index is 6.57. The summed E-state index contributed by atoms with van der Waals surface area (Å²) in [6.45, 7) is 4.29. The zero-order chi connectivity index (χ0) is 15.4. The fourth-order valence-electron chi connectivity index (χ4n) is 3.20. The summed E-state index contributed by atoms with van der Waals surface area (Å²) in [6.07, 6.45) is 3.27. The Morgan fingerprint density at radius 1 is 1.33 bits per heavy atom. The first-order valence-electron chi connectivity index (χ1n) is 7.54. The van der Waals surface area contributed by atoms with E-state index in [0.29, 0.717) is 16.5 Å². The molecule has 0 aliphatic carbocycles. The molecular weight excluding hydrogens is 288 g/mol. The Morgan fingerprint density at radius 3 is 2.71 bits per heavy atom. The minimum absolute atomic E-state index is 0.0981. The van der Waals surface area contributed by atoms with Gasteiger partial charge in [0, 0.05) is 6.04 Å². The summed E-state index contributed by atoms with van der Waals surface area (Å²) in [5, 5.41) is 0.611. The van der Waals surface area contributed by atoms with E-state index < -0.39 is 0 Å². The number of rotatable bonds is 5. The van der Waals surface area contributed by atoms with Gasteiger partial charge in [0.05, 0.1) is 25.3 Å². The van der Waals surface area contributed by atoms with E-state index >= 15 is 0 Å². The Hall–Kier alpha value is -0.970. The van der Waals surface area contributed by atoms with Crippen molar-refractivity contribution >= 4 is 11.6 Å². The molecule has 0 amide bonds. The molecule has 21 heavy (non-hydrogen) atoms. The van der Waals surface area contributed by atoms with Crippen LogP contribution in [0.5, 0.6) is 11.5 Å². The van der Waals surface area contributed by atoms with Gasteiger partial charge in [-0.15, -0.1) is 0 Å². The van der Waals surface area contributed by atoms with Gasteiger partial charge in [-0.25, -0.2) is 0 Å². The summed E-state index contributed by atoms with van der Waals surface area (Å²) >= 11 is 6.57. The lowest BCUT2D eigenvalue weighted by Gasteiger charge is -2.40. The number of piperidine rings is 1. The molecule has 4 nitrogen and oxygen atoms in total. The average molecular weight is 313 g/mol. The third-order valence-corrected chi connectivity index (χ3v) is 4.52. The maximum Gasteiger partial charge on any atom is 0.179 e. The van der Waals surface area contributed by atoms with Gasteiger partial charge in [0.1, 0.15) is 0 Å². The largest absolute Gasteiger partial charge is 0.493 e. The lowest BCUT2D eigenvalue weighted by atomic mass is 9.90. The average Bonchev–Trinajstić information content (AvgIpc) is 2.48. The van der Waals surface area contributed by atoms with Gasteiger partial charge in [0.15, 0.2) is 11.5 Å². The van der Waals surface area contributed by atoms with Crippen LogP contribution < -0.4 is 15.2 Å². The molecule has 118 valence electrons. The molecule has 0 saturated carbocycles. The number of halogens is 1. The van der Waals surface area contributed by atoms with Crippen LogP contribution in [-0.4, -0.2) is 38.3 Å². The Bertz CT molecular complexity index is 480. The molecular formula is C16H25ClN2O2. The van der Waals surface area contributed by atoms with Crippen LogP contribution in [0.3, 0.4) is 0 Å². The summed E-state index contributed by atoms with van der Waals surface area (Å²) in [6, 6.07) is 4.17. The first kappa shape index (κ1) is 16.4. The normalized spacial score (nSPS) is 23.1. The number of benzene rings is 1. The van der Waals surface area contributed by atoms with Crippen LogP contribution in [0.1, 0.15) is 37.8 Å². The van der Waals surface area contributed by atoms with Gasteiger partial charge >= 0.3 is 0 Å². The van der Waals surface area contributed by atoms with Crippen molar-refractivity contribution in [1.82, 2.24) is 4.90 Å². The van der Waals surface area contributed by atoms with Gasteiger partial charge < -0.3 is 15.2 Å². The van der Waals surface area contributed by atoms with Gasteiger partial charge in [-0.2, -0.15) is 0 Å². The molecule has 2 N–H and O–H groups in total. The lowest BCUT2D eigenvalue weighted by molar-refractivity contribution is 0.128. The van der Waals surface area contributed by atoms with Crippen molar-refractivity contribution in [2.75, 3.05) is 27.3 Å². The lowest BCUT2D eigenvalue weighted by Crippen LogP contribution is -2.46. The van der Waals surface area contributed by atoms with Crippen molar-refractivity contribution in [2.24, 2.45) is 5.73 Å². The number of hydrogen-bond donors (Lipinski definition) is 1. The second kappa shape index (κ2) is 7.34. The summed E-state index contributed by atoms with van der Waals surface area (Å²) in [4.78, 5) is 2.43. The van der Waals surface area contributed by atoms with Crippen molar-refractivity contribution in [3.05, 3.63) is 22.7 Å². The summed E-state index contributed by atoms with van der Waals surface area (Å²) in [5.41, 5.74) is 7.43. The minimum atomic E-state index is 0.0981. The predicted molar refractivity (Wildman–Crippen MR) is 86.4 cm³/mol. The van der Waals surface area contributed by atoms with Crippen LogP contribution in [-0.2, 0) is 0 Å². The predicted octanol–water partition coefficient (Wildman–Crippen LogP) is 3.23. The number of hydrogen-bond acceptors (Lipinski definition) is 4. The Labute approximate surface area is 132 Å². The molecule has 1 aromatic rings. The van der Waals surface area contributed by atoms with Crippen molar-refractivity contribution in [1.29, 1.82) is 0 Å². The number of likely N-dealkylation sites (tertiary alicyclic amines) is 1. The molecule has 1 heterocycles. The van der Waals surface area contributed by atoms with Crippen LogP contribution in [0.25, 0.3) is 0 Å². The zero-order valence-corrected chi connectivity index (χ0v) is 13.8. The fraction of sp³-hybridized carbons (Fsp3) is 0.625. The van der Waals surface area contributed by atoms with Crippen LogP contribution in [0.2, 0.25) is 5.02 Å². The molecule has 1 saturated heterocycles. The molecule has 2 atom stereocenters. The van der Waals surface area contributed by atoms with E-state index in [4.69, 9.17) is 26.8 Å². The van der Waals surface area contributed by atoms with E-state index in [-0.39, 0.29) is 12.1 Å². The first-order chi connectivity index (χ1) is 10.1. The first-order valence-corrected chi connectivity index (χ1v) is 7.91. The van der Waals surface area contributed by atoms with Crippen LogP contribution in [0.15, 0.2) is 12.1 Å². The van der Waals surface area contributed by atoms with Gasteiger partial charge in [0.2, 0.25) is 0 Å². The number of nitrogens with zero attached hydrogens (tertiary/aromatic N) is 1. The molecule has 1 aromatic carbocycles. The second-order valence-corrected chi connectivity index (χ2v) is 5.87. The molecule has 0 radical (unpaired) electrons. The SMILES string of the molecule is CCCN1CCCC(N)C1c1ccc(OC)c(OC)c1Cl. The van der Waals surface area contributed by atoms with E-state index in [1.807, 2.05) is 12.1 Å². The molecule has 2 unspecified atom stereocenters. The molecule has 0 aromatic heterocycles. The van der Waals surface area contributed by atoms with E-state index in [1.54, 1.807) is 14.2 Å². The monoisotopic (exact) mass is 312 g/mol.